The van der Waals surface area contributed by atoms with Crippen molar-refractivity contribution in [3.63, 3.8) is 0 Å². The Hall–Kier alpha value is -1.09. The summed E-state index contributed by atoms with van der Waals surface area (Å²) in [4.78, 5) is 0. The first kappa shape index (κ1) is 13.3. The van der Waals surface area contributed by atoms with E-state index in [-0.39, 0.29) is 0 Å². The number of benzene rings is 1. The predicted octanol–water partition coefficient (Wildman–Crippen LogP) is 3.86. The van der Waals surface area contributed by atoms with Crippen LogP contribution in [0.2, 0.25) is 0 Å². The number of thiocarbonyl (C=S) groups is 1. The molecule has 0 saturated heterocycles. The molecule has 0 radical (unpaired) electrons. The molecule has 2 N–H and O–H groups in total. The van der Waals surface area contributed by atoms with E-state index >= 15 is 0 Å². The highest BCUT2D eigenvalue weighted by Gasteiger charge is 2.21. The van der Waals surface area contributed by atoms with E-state index in [4.69, 9.17) is 12.2 Å². The van der Waals surface area contributed by atoms with Gasteiger partial charge in [0.25, 0.3) is 0 Å². The van der Waals surface area contributed by atoms with Gasteiger partial charge in [-0.2, -0.15) is 0 Å². The highest BCUT2D eigenvalue weighted by molar-refractivity contribution is 7.80. The molecule has 0 amide bonds. The van der Waals surface area contributed by atoms with Gasteiger partial charge < -0.3 is 10.6 Å². The fraction of sp³-hybridized carbons (Fsp3) is 0.533. The Labute approximate surface area is 115 Å². The molecule has 0 spiro atoms. The second-order valence-corrected chi connectivity index (χ2v) is 5.74. The molecule has 1 aromatic rings. The maximum Gasteiger partial charge on any atom is 0.171 e. The zero-order valence-electron chi connectivity index (χ0n) is 11.2. The maximum absolute atomic E-state index is 5.38. The molecule has 0 bridgehead atoms. The number of hydrogen-bond donors (Lipinski definition) is 2. The highest BCUT2D eigenvalue weighted by atomic mass is 32.1. The summed E-state index contributed by atoms with van der Waals surface area (Å²) < 4.78 is 0. The minimum atomic E-state index is 0.532. The molecule has 2 nitrogen and oxygen atoms in total. The third kappa shape index (κ3) is 3.70. The molecule has 1 saturated carbocycles. The Morgan fingerprint density at radius 1 is 1.17 bits per heavy atom. The topological polar surface area (TPSA) is 24.1 Å². The normalized spacial score (nSPS) is 23.4. The fourth-order valence-electron chi connectivity index (χ4n) is 2.50. The van der Waals surface area contributed by atoms with Gasteiger partial charge in [-0.25, -0.2) is 0 Å². The van der Waals surface area contributed by atoms with Crippen molar-refractivity contribution >= 4 is 23.0 Å². The van der Waals surface area contributed by atoms with Crippen molar-refractivity contribution in [2.24, 2.45) is 5.92 Å². The van der Waals surface area contributed by atoms with E-state index in [1.54, 1.807) is 0 Å². The zero-order valence-corrected chi connectivity index (χ0v) is 12.0. The Balaban J connectivity index is 1.86. The molecule has 0 heterocycles. The monoisotopic (exact) mass is 262 g/mol. The van der Waals surface area contributed by atoms with E-state index in [2.05, 4.69) is 48.7 Å². The number of hydrogen-bond acceptors (Lipinski definition) is 1. The van der Waals surface area contributed by atoms with Gasteiger partial charge >= 0.3 is 0 Å². The molecule has 3 heteroatoms. The van der Waals surface area contributed by atoms with E-state index in [9.17, 15) is 0 Å². The Morgan fingerprint density at radius 3 is 2.50 bits per heavy atom. The summed E-state index contributed by atoms with van der Waals surface area (Å²) in [6, 6.07) is 8.84. The number of anilines is 1. The van der Waals surface area contributed by atoms with Crippen molar-refractivity contribution in [2.45, 2.75) is 45.6 Å². The van der Waals surface area contributed by atoms with Gasteiger partial charge in [-0.05, 0) is 50.0 Å². The predicted molar refractivity (Wildman–Crippen MR) is 82.0 cm³/mol. The lowest BCUT2D eigenvalue weighted by Crippen LogP contribution is -2.43. The summed E-state index contributed by atoms with van der Waals surface area (Å²) in [7, 11) is 0. The zero-order chi connectivity index (χ0) is 13.0. The molecule has 0 unspecified atom stereocenters. The SMILES string of the molecule is Cc1ccc(NC(=S)N[C@@H]2CCCC[C@H]2C)cc1. The summed E-state index contributed by atoms with van der Waals surface area (Å²) in [5.74, 6) is 0.719. The summed E-state index contributed by atoms with van der Waals surface area (Å²) in [6.45, 7) is 4.40. The summed E-state index contributed by atoms with van der Waals surface area (Å²) in [6.07, 6.45) is 5.22. The Morgan fingerprint density at radius 2 is 1.83 bits per heavy atom. The molecule has 18 heavy (non-hydrogen) atoms. The van der Waals surface area contributed by atoms with Crippen LogP contribution in [0.25, 0.3) is 0 Å². The molecule has 1 aliphatic rings. The fourth-order valence-corrected chi connectivity index (χ4v) is 2.77. The molecule has 2 rings (SSSR count). The molecule has 1 fully saturated rings. The lowest BCUT2D eigenvalue weighted by Gasteiger charge is -2.30. The Bertz CT molecular complexity index is 399. The van der Waals surface area contributed by atoms with Crippen molar-refractivity contribution in [1.29, 1.82) is 0 Å². The van der Waals surface area contributed by atoms with Crippen LogP contribution in [0.3, 0.4) is 0 Å². The first-order chi connectivity index (χ1) is 8.65. The molecule has 0 aromatic heterocycles. The van der Waals surface area contributed by atoms with E-state index in [1.165, 1.54) is 31.2 Å². The third-order valence-electron chi connectivity index (χ3n) is 3.74. The molecule has 98 valence electrons. The number of rotatable bonds is 2. The van der Waals surface area contributed by atoms with Crippen LogP contribution in [0.4, 0.5) is 5.69 Å². The van der Waals surface area contributed by atoms with Crippen LogP contribution in [-0.4, -0.2) is 11.2 Å². The second-order valence-electron chi connectivity index (χ2n) is 5.33. The van der Waals surface area contributed by atoms with Crippen LogP contribution in [0.1, 0.15) is 38.2 Å². The van der Waals surface area contributed by atoms with Gasteiger partial charge in [0.05, 0.1) is 0 Å². The molecular weight excluding hydrogens is 240 g/mol. The highest BCUT2D eigenvalue weighted by Crippen LogP contribution is 2.23. The largest absolute Gasteiger partial charge is 0.359 e. The average molecular weight is 262 g/mol. The van der Waals surface area contributed by atoms with Crippen LogP contribution in [0, 0.1) is 12.8 Å². The smallest absolute Gasteiger partial charge is 0.171 e. The number of nitrogens with one attached hydrogen (secondary N) is 2. The Kier molecular flexibility index (Phi) is 4.59. The summed E-state index contributed by atoms with van der Waals surface area (Å²) in [5, 5.41) is 7.46. The summed E-state index contributed by atoms with van der Waals surface area (Å²) in [5.41, 5.74) is 2.32. The van der Waals surface area contributed by atoms with Gasteiger partial charge in [-0.15, -0.1) is 0 Å². The second kappa shape index (κ2) is 6.19. The van der Waals surface area contributed by atoms with Crippen LogP contribution in [-0.2, 0) is 0 Å². The first-order valence-electron chi connectivity index (χ1n) is 6.79. The third-order valence-corrected chi connectivity index (χ3v) is 3.96. The first-order valence-corrected chi connectivity index (χ1v) is 7.20. The van der Waals surface area contributed by atoms with Crippen molar-refractivity contribution in [2.75, 3.05) is 5.32 Å². The van der Waals surface area contributed by atoms with Crippen LogP contribution in [0.5, 0.6) is 0 Å². The minimum Gasteiger partial charge on any atom is -0.359 e. The van der Waals surface area contributed by atoms with Crippen LogP contribution in [0.15, 0.2) is 24.3 Å². The standard InChI is InChI=1S/C15H22N2S/c1-11-7-9-13(10-8-11)16-15(18)17-14-6-4-3-5-12(14)2/h7-10,12,14H,3-6H2,1-2H3,(H2,16,17,18)/t12-,14-/m1/s1. The number of aryl methyl sites for hydroxylation is 1. The van der Waals surface area contributed by atoms with Gasteiger partial charge in [0.2, 0.25) is 0 Å². The van der Waals surface area contributed by atoms with Gasteiger partial charge in [0.1, 0.15) is 0 Å². The van der Waals surface area contributed by atoms with Crippen molar-refractivity contribution in [3.05, 3.63) is 29.8 Å². The maximum atomic E-state index is 5.38. The molecule has 2 atom stereocenters. The van der Waals surface area contributed by atoms with E-state index in [0.29, 0.717) is 6.04 Å². The van der Waals surface area contributed by atoms with Crippen molar-refractivity contribution < 1.29 is 0 Å². The quantitative estimate of drug-likeness (QED) is 0.791. The summed E-state index contributed by atoms with van der Waals surface area (Å²) >= 11 is 5.38. The molecule has 1 aromatic carbocycles. The lowest BCUT2D eigenvalue weighted by atomic mass is 9.86. The van der Waals surface area contributed by atoms with Gasteiger partial charge in [-0.3, -0.25) is 0 Å². The van der Waals surface area contributed by atoms with Gasteiger partial charge in [-0.1, -0.05) is 37.5 Å². The molecule has 0 aliphatic heterocycles. The van der Waals surface area contributed by atoms with E-state index in [1.807, 2.05) is 0 Å². The van der Waals surface area contributed by atoms with Crippen molar-refractivity contribution in [1.82, 2.24) is 5.32 Å². The van der Waals surface area contributed by atoms with Gasteiger partial charge in [0, 0.05) is 11.7 Å². The van der Waals surface area contributed by atoms with Crippen LogP contribution < -0.4 is 10.6 Å². The average Bonchev–Trinajstić information content (AvgIpc) is 2.35. The van der Waals surface area contributed by atoms with Crippen molar-refractivity contribution in [3.8, 4) is 0 Å². The van der Waals surface area contributed by atoms with Crippen LogP contribution >= 0.6 is 12.2 Å². The van der Waals surface area contributed by atoms with E-state index < -0.39 is 0 Å². The minimum absolute atomic E-state index is 0.532. The molecule has 1 aliphatic carbocycles. The molecular formula is C15H22N2S. The van der Waals surface area contributed by atoms with E-state index in [0.717, 1.165) is 16.7 Å². The lowest BCUT2D eigenvalue weighted by molar-refractivity contribution is 0.309. The van der Waals surface area contributed by atoms with Gasteiger partial charge in [0.15, 0.2) is 5.11 Å².